The van der Waals surface area contributed by atoms with Crippen molar-refractivity contribution >= 4 is 54.8 Å². The second-order valence-electron chi connectivity index (χ2n) is 11.0. The minimum atomic E-state index is 0.544. The highest BCUT2D eigenvalue weighted by molar-refractivity contribution is 6.27. The monoisotopic (exact) mass is 535 g/mol. The third-order valence-electron chi connectivity index (χ3n) is 8.76. The molecular formula is C38H21N3O. The molecule has 194 valence electrons. The highest BCUT2D eigenvalue weighted by Gasteiger charge is 2.27. The van der Waals surface area contributed by atoms with Crippen LogP contribution in [0.25, 0.3) is 94.1 Å². The van der Waals surface area contributed by atoms with Crippen molar-refractivity contribution in [3.05, 3.63) is 127 Å². The van der Waals surface area contributed by atoms with Crippen molar-refractivity contribution < 1.29 is 4.42 Å². The molecule has 6 aromatic carbocycles. The van der Waals surface area contributed by atoms with Crippen LogP contribution in [0.4, 0.5) is 0 Å². The van der Waals surface area contributed by atoms with Gasteiger partial charge in [0.2, 0.25) is 5.71 Å². The molecule has 0 radical (unpaired) electrons. The maximum atomic E-state index is 6.22. The van der Waals surface area contributed by atoms with E-state index in [0.717, 1.165) is 44.6 Å². The molecule has 0 unspecified atom stereocenters. The molecule has 4 heteroatoms. The molecule has 3 aromatic heterocycles. The highest BCUT2D eigenvalue weighted by Crippen LogP contribution is 2.49. The van der Waals surface area contributed by atoms with Gasteiger partial charge in [0.15, 0.2) is 5.82 Å². The smallest absolute Gasteiger partial charge is 0.247 e. The number of furan rings is 1. The van der Waals surface area contributed by atoms with Gasteiger partial charge in [-0.05, 0) is 57.3 Å². The number of hydrogen-bond donors (Lipinski definition) is 0. The van der Waals surface area contributed by atoms with Gasteiger partial charge in [-0.25, -0.2) is 9.97 Å². The Balaban J connectivity index is 1.42. The van der Waals surface area contributed by atoms with Crippen molar-refractivity contribution in [2.75, 3.05) is 0 Å². The predicted molar refractivity (Wildman–Crippen MR) is 171 cm³/mol. The first-order valence-electron chi connectivity index (χ1n) is 14.2. The Morgan fingerprint density at radius 2 is 1.10 bits per heavy atom. The van der Waals surface area contributed by atoms with Gasteiger partial charge in [0.05, 0.1) is 11.0 Å². The van der Waals surface area contributed by atoms with Crippen molar-refractivity contribution in [1.29, 1.82) is 0 Å². The van der Waals surface area contributed by atoms with Gasteiger partial charge in [-0.1, -0.05) is 103 Å². The van der Waals surface area contributed by atoms with Crippen molar-refractivity contribution in [2.45, 2.75) is 0 Å². The van der Waals surface area contributed by atoms with Crippen LogP contribution in [0.2, 0.25) is 0 Å². The fraction of sp³-hybridized carbons (Fsp3) is 0. The van der Waals surface area contributed by atoms with E-state index in [1.165, 1.54) is 43.8 Å². The third-order valence-corrected chi connectivity index (χ3v) is 8.76. The lowest BCUT2D eigenvalue weighted by atomic mass is 9.93. The molecule has 0 saturated carbocycles. The van der Waals surface area contributed by atoms with Gasteiger partial charge in [-0.15, -0.1) is 0 Å². The van der Waals surface area contributed by atoms with E-state index in [4.69, 9.17) is 14.4 Å². The molecule has 1 aliphatic rings. The van der Waals surface area contributed by atoms with Crippen LogP contribution in [0.15, 0.2) is 132 Å². The zero-order chi connectivity index (χ0) is 27.4. The summed E-state index contributed by atoms with van der Waals surface area (Å²) >= 11 is 0. The molecule has 9 aromatic rings. The first-order valence-corrected chi connectivity index (χ1v) is 14.2. The molecule has 0 N–H and O–H groups in total. The van der Waals surface area contributed by atoms with Gasteiger partial charge in [0, 0.05) is 21.7 Å². The van der Waals surface area contributed by atoms with Gasteiger partial charge < -0.3 is 4.42 Å². The fourth-order valence-electron chi connectivity index (χ4n) is 7.03. The summed E-state index contributed by atoms with van der Waals surface area (Å²) in [6.45, 7) is 0. The summed E-state index contributed by atoms with van der Waals surface area (Å²) in [5.41, 5.74) is 11.1. The van der Waals surface area contributed by atoms with Crippen LogP contribution in [0.5, 0.6) is 0 Å². The van der Waals surface area contributed by atoms with E-state index in [1.807, 2.05) is 36.4 Å². The first kappa shape index (κ1) is 22.0. The number of nitrogens with zero attached hydrogens (tertiary/aromatic N) is 3. The molecular weight excluding hydrogens is 514 g/mol. The van der Waals surface area contributed by atoms with Crippen LogP contribution < -0.4 is 0 Å². The van der Waals surface area contributed by atoms with Gasteiger partial charge in [0.25, 0.3) is 0 Å². The summed E-state index contributed by atoms with van der Waals surface area (Å²) in [4.78, 5) is 10.5. The number of aromatic nitrogens is 3. The van der Waals surface area contributed by atoms with Gasteiger partial charge in [-0.3, -0.25) is 4.57 Å². The minimum Gasteiger partial charge on any atom is -0.436 e. The molecule has 0 spiro atoms. The zero-order valence-corrected chi connectivity index (χ0v) is 22.4. The molecule has 4 nitrogen and oxygen atoms in total. The molecule has 0 fully saturated rings. The Kier molecular flexibility index (Phi) is 4.15. The van der Waals surface area contributed by atoms with Crippen LogP contribution in [0, 0.1) is 0 Å². The quantitative estimate of drug-likeness (QED) is 0.221. The average molecular weight is 536 g/mol. The maximum absolute atomic E-state index is 6.22. The summed E-state index contributed by atoms with van der Waals surface area (Å²) in [5, 5.41) is 6.00. The van der Waals surface area contributed by atoms with Crippen LogP contribution in [-0.2, 0) is 0 Å². The van der Waals surface area contributed by atoms with Crippen LogP contribution >= 0.6 is 0 Å². The van der Waals surface area contributed by atoms with Crippen molar-refractivity contribution in [3.8, 4) is 39.3 Å². The molecule has 1 aliphatic carbocycles. The summed E-state index contributed by atoms with van der Waals surface area (Å²) in [6, 6.07) is 44.9. The zero-order valence-electron chi connectivity index (χ0n) is 22.4. The molecule has 0 atom stereocenters. The molecule has 0 bridgehead atoms. The van der Waals surface area contributed by atoms with Gasteiger partial charge in [0.1, 0.15) is 16.8 Å². The second-order valence-corrected chi connectivity index (χ2v) is 11.0. The number of para-hydroxylation sites is 1. The Morgan fingerprint density at radius 1 is 0.500 bits per heavy atom. The highest BCUT2D eigenvalue weighted by atomic mass is 16.3. The number of hydrogen-bond acceptors (Lipinski definition) is 3. The Hall–Kier alpha value is -5.74. The van der Waals surface area contributed by atoms with Crippen LogP contribution in [0.1, 0.15) is 0 Å². The third kappa shape index (κ3) is 2.76. The average Bonchev–Trinajstić information content (AvgIpc) is 3.55. The minimum absolute atomic E-state index is 0.544. The number of rotatable bonds is 2. The SMILES string of the molecule is c1ccc(-c2nc3oc4ccccc4c3nc2-n2c3cccc4c3c3c(cccc32)-c2cccc3cccc-4c23)cc1. The van der Waals surface area contributed by atoms with E-state index in [1.54, 1.807) is 0 Å². The van der Waals surface area contributed by atoms with Crippen molar-refractivity contribution in [2.24, 2.45) is 0 Å². The van der Waals surface area contributed by atoms with E-state index < -0.39 is 0 Å². The normalized spacial score (nSPS) is 12.3. The van der Waals surface area contributed by atoms with Crippen molar-refractivity contribution in [3.63, 3.8) is 0 Å². The largest absolute Gasteiger partial charge is 0.436 e. The lowest BCUT2D eigenvalue weighted by molar-refractivity contribution is 0.653. The van der Waals surface area contributed by atoms with Crippen LogP contribution in [-0.4, -0.2) is 14.5 Å². The lowest BCUT2D eigenvalue weighted by Crippen LogP contribution is -2.03. The second kappa shape index (κ2) is 7.93. The Morgan fingerprint density at radius 3 is 1.79 bits per heavy atom. The molecule has 0 amide bonds. The number of benzene rings is 6. The summed E-state index contributed by atoms with van der Waals surface area (Å²) in [7, 11) is 0. The Labute approximate surface area is 240 Å². The topological polar surface area (TPSA) is 43.9 Å². The van der Waals surface area contributed by atoms with Gasteiger partial charge in [-0.2, -0.15) is 0 Å². The number of fused-ring (bicyclic) bond motifs is 5. The summed E-state index contributed by atoms with van der Waals surface area (Å²) < 4.78 is 8.52. The summed E-state index contributed by atoms with van der Waals surface area (Å²) in [5.74, 6) is 0.793. The van der Waals surface area contributed by atoms with E-state index in [0.29, 0.717) is 5.71 Å². The van der Waals surface area contributed by atoms with Crippen LogP contribution in [0.3, 0.4) is 0 Å². The van der Waals surface area contributed by atoms with Gasteiger partial charge >= 0.3 is 0 Å². The van der Waals surface area contributed by atoms with Crippen molar-refractivity contribution in [1.82, 2.24) is 14.5 Å². The predicted octanol–water partition coefficient (Wildman–Crippen LogP) is 9.94. The standard InChI is InChI=1S/C38H21N3O/c1-2-10-23(11-3-1)35-37(39-36-28-14-4-5-21-31(28)42-38(36)40-35)41-29-19-8-17-26-24-15-6-12-22-13-7-16-25(32(22)24)27-18-9-20-30(41)34(27)33(26)29/h1-21H. The molecule has 10 rings (SSSR count). The first-order chi connectivity index (χ1) is 20.8. The molecule has 0 aliphatic heterocycles. The van der Waals surface area contributed by atoms with E-state index >= 15 is 0 Å². The molecule has 42 heavy (non-hydrogen) atoms. The summed E-state index contributed by atoms with van der Waals surface area (Å²) in [6.07, 6.45) is 0. The maximum Gasteiger partial charge on any atom is 0.247 e. The van der Waals surface area contributed by atoms with E-state index in [9.17, 15) is 0 Å². The van der Waals surface area contributed by atoms with E-state index in [-0.39, 0.29) is 0 Å². The molecule has 0 saturated heterocycles. The molecule has 3 heterocycles. The Bertz CT molecular complexity index is 2480. The van der Waals surface area contributed by atoms with E-state index in [2.05, 4.69) is 95.6 Å². The lowest BCUT2D eigenvalue weighted by Gasteiger charge is -2.14. The fourth-order valence-corrected chi connectivity index (χ4v) is 7.03.